The summed E-state index contributed by atoms with van der Waals surface area (Å²) < 4.78 is 10.6. The third kappa shape index (κ3) is 5.27. The summed E-state index contributed by atoms with van der Waals surface area (Å²) in [6.45, 7) is 6.83. The van der Waals surface area contributed by atoms with Gasteiger partial charge in [0.15, 0.2) is 11.5 Å². The Morgan fingerprint density at radius 1 is 1.17 bits per heavy atom. The highest BCUT2D eigenvalue weighted by atomic mass is 35.5. The molecule has 5 heteroatoms. The molecule has 0 bridgehead atoms. The molecule has 0 amide bonds. The van der Waals surface area contributed by atoms with Crippen molar-refractivity contribution in [3.05, 3.63) is 23.8 Å². The van der Waals surface area contributed by atoms with Crippen molar-refractivity contribution >= 4 is 0 Å². The topological polar surface area (TPSA) is 33.7 Å². The molecule has 1 saturated heterocycles. The zero-order valence-electron chi connectivity index (χ0n) is 14.9. The normalized spacial score (nSPS) is 24.8. The first kappa shape index (κ1) is 20.1. The van der Waals surface area contributed by atoms with Crippen molar-refractivity contribution in [2.75, 3.05) is 34.4 Å². The Morgan fingerprint density at radius 2 is 1.87 bits per heavy atom. The van der Waals surface area contributed by atoms with Crippen LogP contribution < -0.4 is 27.2 Å². The van der Waals surface area contributed by atoms with Gasteiger partial charge in [-0.25, -0.2) is 0 Å². The molecule has 1 aliphatic rings. The molecule has 0 aliphatic carbocycles. The zero-order valence-corrected chi connectivity index (χ0v) is 15.7. The molecule has 3 unspecified atom stereocenters. The van der Waals surface area contributed by atoms with Gasteiger partial charge in [0.05, 0.1) is 14.2 Å². The number of hydrogen-bond acceptors (Lipinski definition) is 4. The summed E-state index contributed by atoms with van der Waals surface area (Å²) in [4.78, 5) is 2.46. The second-order valence-electron chi connectivity index (χ2n) is 6.50. The molecule has 1 N–H and O–H groups in total. The van der Waals surface area contributed by atoms with E-state index in [1.165, 1.54) is 18.5 Å². The van der Waals surface area contributed by atoms with Gasteiger partial charge >= 0.3 is 0 Å². The van der Waals surface area contributed by atoms with Crippen LogP contribution in [0.3, 0.4) is 0 Å². The zero-order chi connectivity index (χ0) is 16.1. The van der Waals surface area contributed by atoms with Crippen molar-refractivity contribution in [3.8, 4) is 11.5 Å². The van der Waals surface area contributed by atoms with Crippen molar-refractivity contribution in [3.63, 3.8) is 0 Å². The van der Waals surface area contributed by atoms with E-state index in [4.69, 9.17) is 9.47 Å². The molecule has 23 heavy (non-hydrogen) atoms. The lowest BCUT2D eigenvalue weighted by Crippen LogP contribution is -3.00. The lowest BCUT2D eigenvalue weighted by Gasteiger charge is -2.40. The van der Waals surface area contributed by atoms with Gasteiger partial charge in [-0.2, -0.15) is 0 Å². The van der Waals surface area contributed by atoms with Crippen LogP contribution in [0.1, 0.15) is 25.8 Å². The third-order valence-corrected chi connectivity index (χ3v) is 4.88. The molecule has 1 heterocycles. The van der Waals surface area contributed by atoms with Gasteiger partial charge in [-0.1, -0.05) is 13.0 Å². The smallest absolute Gasteiger partial charge is 0.160 e. The first-order valence-corrected chi connectivity index (χ1v) is 8.19. The predicted octanol–water partition coefficient (Wildman–Crippen LogP) is -0.431. The van der Waals surface area contributed by atoms with Crippen LogP contribution in [0.15, 0.2) is 18.2 Å². The van der Waals surface area contributed by atoms with Gasteiger partial charge in [-0.15, -0.1) is 0 Å². The summed E-state index contributed by atoms with van der Waals surface area (Å²) in [5.74, 6) is 2.30. The Labute approximate surface area is 146 Å². The fourth-order valence-corrected chi connectivity index (χ4v) is 3.26. The van der Waals surface area contributed by atoms with Crippen LogP contribution >= 0.6 is 0 Å². The molecule has 1 aromatic carbocycles. The number of nitrogens with zero attached hydrogens (tertiary/aromatic N) is 1. The monoisotopic (exact) mass is 341 g/mol. The third-order valence-electron chi connectivity index (χ3n) is 4.88. The number of benzene rings is 1. The minimum absolute atomic E-state index is 0. The highest BCUT2D eigenvalue weighted by Crippen LogP contribution is 2.27. The second-order valence-corrected chi connectivity index (χ2v) is 6.50. The van der Waals surface area contributed by atoms with E-state index in [1.807, 2.05) is 6.07 Å². The molecule has 1 fully saturated rings. The van der Waals surface area contributed by atoms with Gasteiger partial charge in [0.25, 0.3) is 0 Å². The molecule has 1 aromatic rings. The van der Waals surface area contributed by atoms with Crippen LogP contribution in [0.2, 0.25) is 0 Å². The van der Waals surface area contributed by atoms with Crippen LogP contribution in [0.25, 0.3) is 0 Å². The second kappa shape index (κ2) is 9.36. The first-order valence-electron chi connectivity index (χ1n) is 8.19. The molecule has 0 aromatic heterocycles. The van der Waals surface area contributed by atoms with E-state index in [2.05, 4.69) is 43.2 Å². The molecule has 0 radical (unpaired) electrons. The lowest BCUT2D eigenvalue weighted by molar-refractivity contribution is -0.00000544. The van der Waals surface area contributed by atoms with E-state index in [0.29, 0.717) is 18.0 Å². The molecule has 0 saturated carbocycles. The van der Waals surface area contributed by atoms with E-state index in [0.717, 1.165) is 24.5 Å². The maximum atomic E-state index is 5.37. The van der Waals surface area contributed by atoms with Gasteiger partial charge in [0.2, 0.25) is 0 Å². The minimum Gasteiger partial charge on any atom is -1.00 e. The van der Waals surface area contributed by atoms with Crippen LogP contribution in [-0.4, -0.2) is 51.3 Å². The maximum absolute atomic E-state index is 5.37. The van der Waals surface area contributed by atoms with Crippen LogP contribution in [0.4, 0.5) is 0 Å². The van der Waals surface area contributed by atoms with Crippen molar-refractivity contribution < 1.29 is 21.9 Å². The van der Waals surface area contributed by atoms with E-state index in [-0.39, 0.29) is 12.4 Å². The van der Waals surface area contributed by atoms with Crippen molar-refractivity contribution in [1.82, 2.24) is 10.2 Å². The highest BCUT2D eigenvalue weighted by Gasteiger charge is 2.28. The quantitative estimate of drug-likeness (QED) is 0.761. The Balaban J connectivity index is 0.00000264. The van der Waals surface area contributed by atoms with Crippen molar-refractivity contribution in [2.24, 2.45) is 5.92 Å². The summed E-state index contributed by atoms with van der Waals surface area (Å²) >= 11 is 0. The van der Waals surface area contributed by atoms with Crippen molar-refractivity contribution in [1.29, 1.82) is 0 Å². The van der Waals surface area contributed by atoms with E-state index in [9.17, 15) is 0 Å². The van der Waals surface area contributed by atoms with Gasteiger partial charge in [-0.3, -0.25) is 0 Å². The number of ether oxygens (including phenoxy) is 2. The number of nitrogens with one attached hydrogen (secondary N) is 1. The summed E-state index contributed by atoms with van der Waals surface area (Å²) in [6, 6.07) is 7.44. The van der Waals surface area contributed by atoms with Gasteiger partial charge in [0, 0.05) is 18.6 Å². The molecule has 2 rings (SSSR count). The Kier molecular flexibility index (Phi) is 8.17. The lowest BCUT2D eigenvalue weighted by atomic mass is 9.90. The average molecular weight is 342 g/mol. The molecule has 1 aliphatic heterocycles. The SMILES string of the molecule is COc1ccc(CCNC2CC(C)N(C)CC2C)cc1OC.[Cl-]. The Hall–Kier alpha value is -0.970. The maximum Gasteiger partial charge on any atom is 0.160 e. The fraction of sp³-hybridized carbons (Fsp3) is 0.667. The number of piperidine rings is 1. The molecular weight excluding hydrogens is 312 g/mol. The van der Waals surface area contributed by atoms with Crippen LogP contribution in [0.5, 0.6) is 11.5 Å². The Bertz CT molecular complexity index is 484. The van der Waals surface area contributed by atoms with Gasteiger partial charge < -0.3 is 32.1 Å². The van der Waals surface area contributed by atoms with E-state index >= 15 is 0 Å². The van der Waals surface area contributed by atoms with Crippen molar-refractivity contribution in [2.45, 2.75) is 38.8 Å². The molecule has 4 nitrogen and oxygen atoms in total. The fourth-order valence-electron chi connectivity index (χ4n) is 3.26. The van der Waals surface area contributed by atoms with Crippen LogP contribution in [0, 0.1) is 5.92 Å². The van der Waals surface area contributed by atoms with Gasteiger partial charge in [-0.05, 0) is 57.0 Å². The summed E-state index contributed by atoms with van der Waals surface area (Å²) in [7, 11) is 5.57. The first-order chi connectivity index (χ1) is 10.5. The average Bonchev–Trinajstić information content (AvgIpc) is 2.52. The molecule has 132 valence electrons. The standard InChI is InChI=1S/C18H30N2O2.ClH/c1-13-12-20(3)14(2)10-16(13)19-9-8-15-6-7-17(21-4)18(11-15)22-5;/h6-7,11,13-14,16,19H,8-10,12H2,1-5H3;1H/p-1. The summed E-state index contributed by atoms with van der Waals surface area (Å²) in [6.07, 6.45) is 2.23. The molecule has 3 atom stereocenters. The highest BCUT2D eigenvalue weighted by molar-refractivity contribution is 5.42. The number of halogens is 1. The minimum atomic E-state index is 0. The van der Waals surface area contributed by atoms with E-state index < -0.39 is 0 Å². The van der Waals surface area contributed by atoms with Gasteiger partial charge in [0.1, 0.15) is 0 Å². The summed E-state index contributed by atoms with van der Waals surface area (Å²) in [5, 5.41) is 3.74. The largest absolute Gasteiger partial charge is 1.00 e. The number of hydrogen-bond donors (Lipinski definition) is 1. The Morgan fingerprint density at radius 3 is 2.52 bits per heavy atom. The number of likely N-dealkylation sites (tertiary alicyclic amines) is 1. The number of methoxy groups -OCH3 is 2. The number of rotatable bonds is 6. The molecule has 0 spiro atoms. The predicted molar refractivity (Wildman–Crippen MR) is 90.9 cm³/mol. The van der Waals surface area contributed by atoms with E-state index in [1.54, 1.807) is 14.2 Å². The molecular formula is C18H30ClN2O2-. The summed E-state index contributed by atoms with van der Waals surface area (Å²) in [5.41, 5.74) is 1.28. The van der Waals surface area contributed by atoms with Crippen LogP contribution in [-0.2, 0) is 6.42 Å².